The number of nitrogens with zero attached hydrogens (tertiary/aromatic N) is 2. The first-order chi connectivity index (χ1) is 13.8. The van der Waals surface area contributed by atoms with Crippen LogP contribution >= 0.6 is 0 Å². The van der Waals surface area contributed by atoms with Gasteiger partial charge in [0.25, 0.3) is 0 Å². The van der Waals surface area contributed by atoms with Crippen molar-refractivity contribution < 1.29 is 27.2 Å². The molecule has 0 unspecified atom stereocenters. The zero-order valence-corrected chi connectivity index (χ0v) is 19.7. The molecule has 0 saturated carbocycles. The fourth-order valence-corrected chi connectivity index (χ4v) is 4.09. The van der Waals surface area contributed by atoms with E-state index in [2.05, 4.69) is 28.6 Å². The Hall–Kier alpha value is -0.580. The highest BCUT2D eigenvalue weighted by Gasteiger charge is 2.28. The van der Waals surface area contributed by atoms with Crippen molar-refractivity contribution in [3.8, 4) is 0 Å². The van der Waals surface area contributed by atoms with Gasteiger partial charge in [-0.25, -0.2) is 0 Å². The SMILES string of the molecule is CCCCCCCC/C=C\CCCCCCCC1=[N+](CCO)CCN1CCO.[Cl-]. The Kier molecular flexibility index (Phi) is 20.3. The third-order valence-corrected chi connectivity index (χ3v) is 5.77. The number of aliphatic hydroxyl groups is 2. The number of hydrogen-bond acceptors (Lipinski definition) is 3. The number of unbranched alkanes of at least 4 members (excludes halogenated alkanes) is 11. The summed E-state index contributed by atoms with van der Waals surface area (Å²) in [7, 11) is 0. The minimum absolute atomic E-state index is 0. The van der Waals surface area contributed by atoms with Gasteiger partial charge in [-0.15, -0.1) is 0 Å². The number of allylic oxidation sites excluding steroid dienone is 2. The van der Waals surface area contributed by atoms with E-state index in [1.807, 2.05) is 0 Å². The number of halogens is 1. The van der Waals surface area contributed by atoms with Gasteiger partial charge in [-0.05, 0) is 32.1 Å². The van der Waals surface area contributed by atoms with Crippen molar-refractivity contribution in [3.63, 3.8) is 0 Å². The minimum Gasteiger partial charge on any atom is -1.00 e. The fourth-order valence-electron chi connectivity index (χ4n) is 4.09. The summed E-state index contributed by atoms with van der Waals surface area (Å²) in [5.74, 6) is 1.33. The summed E-state index contributed by atoms with van der Waals surface area (Å²) in [5.41, 5.74) is 0. The van der Waals surface area contributed by atoms with E-state index in [1.165, 1.54) is 89.3 Å². The van der Waals surface area contributed by atoms with Gasteiger partial charge in [-0.1, -0.05) is 70.4 Å². The van der Waals surface area contributed by atoms with E-state index in [0.29, 0.717) is 0 Å². The quantitative estimate of drug-likeness (QED) is 0.186. The molecule has 0 atom stereocenters. The van der Waals surface area contributed by atoms with Crippen molar-refractivity contribution in [2.75, 3.05) is 39.4 Å². The van der Waals surface area contributed by atoms with Crippen LogP contribution in [0, 0.1) is 0 Å². The first-order valence-corrected chi connectivity index (χ1v) is 12.1. The largest absolute Gasteiger partial charge is 1.00 e. The van der Waals surface area contributed by atoms with Gasteiger partial charge in [0, 0.05) is 6.42 Å². The summed E-state index contributed by atoms with van der Waals surface area (Å²) in [6, 6.07) is 0. The summed E-state index contributed by atoms with van der Waals surface area (Å²) in [6.45, 7) is 6.12. The van der Waals surface area contributed by atoms with Gasteiger partial charge in [-0.2, -0.15) is 0 Å². The van der Waals surface area contributed by atoms with E-state index in [0.717, 1.165) is 32.6 Å². The zero-order valence-electron chi connectivity index (χ0n) is 19.0. The predicted molar refractivity (Wildman–Crippen MR) is 120 cm³/mol. The fraction of sp³-hybridized carbons (Fsp3) is 0.875. The highest BCUT2D eigenvalue weighted by atomic mass is 35.5. The average molecular weight is 431 g/mol. The van der Waals surface area contributed by atoms with Crippen LogP contribution in [0.1, 0.15) is 96.8 Å². The summed E-state index contributed by atoms with van der Waals surface area (Å²) < 4.78 is 2.30. The second-order valence-corrected chi connectivity index (χ2v) is 8.17. The standard InChI is InChI=1S/C24H47N2O2.ClH/c1-2-3-4-5-6-7-8-9-10-11-12-13-14-15-16-17-24-25(20-22-27)18-19-26(24)21-23-28;/h9-10,27-28H,2-8,11-23H2,1H3;1H/q+1;/p-1/b10-9-;. The molecule has 4 nitrogen and oxygen atoms in total. The normalized spacial score (nSPS) is 14.2. The van der Waals surface area contributed by atoms with Gasteiger partial charge >= 0.3 is 0 Å². The van der Waals surface area contributed by atoms with Crippen LogP contribution in [-0.4, -0.2) is 64.9 Å². The van der Waals surface area contributed by atoms with Crippen LogP contribution < -0.4 is 12.4 Å². The predicted octanol–water partition coefficient (Wildman–Crippen LogP) is 1.74. The molecule has 29 heavy (non-hydrogen) atoms. The Labute approximate surface area is 186 Å². The highest BCUT2D eigenvalue weighted by Crippen LogP contribution is 2.13. The van der Waals surface area contributed by atoms with E-state index in [4.69, 9.17) is 0 Å². The van der Waals surface area contributed by atoms with Gasteiger partial charge in [0.2, 0.25) is 5.84 Å². The molecule has 0 aliphatic carbocycles. The maximum absolute atomic E-state index is 9.24. The molecule has 1 heterocycles. The van der Waals surface area contributed by atoms with Crippen molar-refractivity contribution in [1.29, 1.82) is 0 Å². The van der Waals surface area contributed by atoms with E-state index >= 15 is 0 Å². The summed E-state index contributed by atoms with van der Waals surface area (Å²) in [4.78, 5) is 2.30. The molecule has 1 aliphatic heterocycles. The van der Waals surface area contributed by atoms with Gasteiger partial charge < -0.3 is 22.6 Å². The molecular weight excluding hydrogens is 384 g/mol. The van der Waals surface area contributed by atoms with Crippen molar-refractivity contribution in [2.45, 2.75) is 96.8 Å². The third kappa shape index (κ3) is 14.1. The first kappa shape index (κ1) is 28.4. The van der Waals surface area contributed by atoms with Crippen molar-refractivity contribution >= 4 is 5.84 Å². The lowest BCUT2D eigenvalue weighted by Crippen LogP contribution is -3.00. The Bertz CT molecular complexity index is 427. The Balaban J connectivity index is 0.00000784. The Morgan fingerprint density at radius 3 is 2.00 bits per heavy atom. The van der Waals surface area contributed by atoms with Crippen LogP contribution in [-0.2, 0) is 0 Å². The third-order valence-electron chi connectivity index (χ3n) is 5.77. The van der Waals surface area contributed by atoms with Gasteiger partial charge in [-0.3, -0.25) is 9.48 Å². The molecule has 1 rings (SSSR count). The number of β-amino-alcohol motifs (C(OH)–C–C–N with tert-alkyl or cyclic N) is 2. The summed E-state index contributed by atoms with van der Waals surface area (Å²) in [6.07, 6.45) is 23.1. The molecule has 0 radical (unpaired) electrons. The van der Waals surface area contributed by atoms with Crippen LogP contribution in [0.25, 0.3) is 0 Å². The van der Waals surface area contributed by atoms with Crippen LogP contribution in [0.2, 0.25) is 0 Å². The zero-order chi connectivity index (χ0) is 20.3. The van der Waals surface area contributed by atoms with Crippen LogP contribution in [0.4, 0.5) is 0 Å². The minimum atomic E-state index is 0. The van der Waals surface area contributed by atoms with E-state index in [9.17, 15) is 10.2 Å². The summed E-state index contributed by atoms with van der Waals surface area (Å²) in [5, 5.41) is 18.5. The number of amidine groups is 1. The lowest BCUT2D eigenvalue weighted by molar-refractivity contribution is -0.521. The number of aliphatic hydroxyl groups excluding tert-OH is 2. The lowest BCUT2D eigenvalue weighted by Gasteiger charge is -2.12. The van der Waals surface area contributed by atoms with Gasteiger partial charge in [0.05, 0.1) is 13.2 Å². The highest BCUT2D eigenvalue weighted by molar-refractivity contribution is 5.78. The Morgan fingerprint density at radius 1 is 0.828 bits per heavy atom. The average Bonchev–Trinajstić information content (AvgIpc) is 3.07. The van der Waals surface area contributed by atoms with Gasteiger partial charge in [0.15, 0.2) is 0 Å². The van der Waals surface area contributed by atoms with Crippen LogP contribution in [0.5, 0.6) is 0 Å². The van der Waals surface area contributed by atoms with Crippen molar-refractivity contribution in [3.05, 3.63) is 12.2 Å². The maximum atomic E-state index is 9.24. The first-order valence-electron chi connectivity index (χ1n) is 12.1. The molecule has 0 spiro atoms. The second kappa shape index (κ2) is 20.7. The molecular formula is C24H47ClN2O2. The number of hydrogen-bond donors (Lipinski definition) is 2. The second-order valence-electron chi connectivity index (χ2n) is 8.17. The Morgan fingerprint density at radius 2 is 1.41 bits per heavy atom. The van der Waals surface area contributed by atoms with Crippen LogP contribution in [0.15, 0.2) is 12.2 Å². The monoisotopic (exact) mass is 430 g/mol. The molecule has 0 bridgehead atoms. The van der Waals surface area contributed by atoms with Crippen LogP contribution in [0.3, 0.4) is 0 Å². The van der Waals surface area contributed by atoms with E-state index in [-0.39, 0.29) is 25.6 Å². The smallest absolute Gasteiger partial charge is 0.247 e. The molecule has 0 aromatic heterocycles. The summed E-state index contributed by atoms with van der Waals surface area (Å²) >= 11 is 0. The number of rotatable bonds is 19. The van der Waals surface area contributed by atoms with E-state index < -0.39 is 0 Å². The molecule has 0 aromatic carbocycles. The molecule has 0 aromatic rings. The molecule has 172 valence electrons. The van der Waals surface area contributed by atoms with Crippen molar-refractivity contribution in [1.82, 2.24) is 4.90 Å². The van der Waals surface area contributed by atoms with Crippen molar-refractivity contribution in [2.24, 2.45) is 0 Å². The molecule has 0 saturated heterocycles. The van der Waals surface area contributed by atoms with E-state index in [1.54, 1.807) is 0 Å². The molecule has 0 fully saturated rings. The molecule has 0 amide bonds. The topological polar surface area (TPSA) is 46.7 Å². The molecule has 5 heteroatoms. The van der Waals surface area contributed by atoms with Gasteiger partial charge in [0.1, 0.15) is 26.2 Å². The maximum Gasteiger partial charge on any atom is 0.247 e. The molecule has 2 N–H and O–H groups in total. The molecule has 1 aliphatic rings. The lowest BCUT2D eigenvalue weighted by atomic mass is 10.1.